The van der Waals surface area contributed by atoms with Crippen molar-refractivity contribution in [1.82, 2.24) is 4.90 Å². The Hall–Kier alpha value is -1.06. The number of nitrogens with two attached hydrogens (primary N) is 1. The van der Waals surface area contributed by atoms with Crippen molar-refractivity contribution in [2.75, 3.05) is 20.7 Å². The van der Waals surface area contributed by atoms with Crippen LogP contribution in [0.2, 0.25) is 0 Å². The highest BCUT2D eigenvalue weighted by atomic mass is 16.5. The van der Waals surface area contributed by atoms with Crippen LogP contribution in [0.15, 0.2) is 24.3 Å². The lowest BCUT2D eigenvalue weighted by Crippen LogP contribution is -2.34. The van der Waals surface area contributed by atoms with Crippen molar-refractivity contribution in [2.45, 2.75) is 38.3 Å². The molecule has 0 saturated heterocycles. The Morgan fingerprint density at radius 2 is 2.00 bits per heavy atom. The van der Waals surface area contributed by atoms with Crippen molar-refractivity contribution in [1.29, 1.82) is 0 Å². The minimum atomic E-state index is 0.424. The topological polar surface area (TPSA) is 38.5 Å². The fourth-order valence-corrected chi connectivity index (χ4v) is 3.05. The minimum absolute atomic E-state index is 0.424. The van der Waals surface area contributed by atoms with Gasteiger partial charge in [-0.3, -0.25) is 0 Å². The predicted molar refractivity (Wildman–Crippen MR) is 79.3 cm³/mol. The van der Waals surface area contributed by atoms with Gasteiger partial charge < -0.3 is 15.4 Å². The minimum Gasteiger partial charge on any atom is -0.497 e. The predicted octanol–water partition coefficient (Wildman–Crippen LogP) is 2.64. The number of nitrogens with zero attached hydrogens (tertiary/aromatic N) is 1. The standard InChI is InChI=1S/C16H26N2O/c1-18(12-14-4-3-5-15(17)10-14)11-13-6-8-16(19-2)9-7-13/h6-9,14-15H,3-5,10-12,17H2,1-2H3. The van der Waals surface area contributed by atoms with Gasteiger partial charge in [-0.15, -0.1) is 0 Å². The van der Waals surface area contributed by atoms with Gasteiger partial charge in [0.15, 0.2) is 0 Å². The molecule has 0 heterocycles. The third-order valence-corrected chi connectivity index (χ3v) is 4.00. The second-order valence-corrected chi connectivity index (χ2v) is 5.84. The van der Waals surface area contributed by atoms with Crippen molar-refractivity contribution in [3.63, 3.8) is 0 Å². The lowest BCUT2D eigenvalue weighted by atomic mass is 9.86. The van der Waals surface area contributed by atoms with E-state index in [2.05, 4.69) is 24.1 Å². The Morgan fingerprint density at radius 1 is 1.26 bits per heavy atom. The van der Waals surface area contributed by atoms with E-state index >= 15 is 0 Å². The summed E-state index contributed by atoms with van der Waals surface area (Å²) >= 11 is 0. The van der Waals surface area contributed by atoms with Crippen molar-refractivity contribution in [3.05, 3.63) is 29.8 Å². The molecule has 0 amide bonds. The van der Waals surface area contributed by atoms with Crippen LogP contribution in [-0.2, 0) is 6.54 Å². The van der Waals surface area contributed by atoms with Gasteiger partial charge in [-0.2, -0.15) is 0 Å². The van der Waals surface area contributed by atoms with Crippen molar-refractivity contribution in [3.8, 4) is 5.75 Å². The SMILES string of the molecule is COc1ccc(CN(C)CC2CCCC(N)C2)cc1. The third-order valence-electron chi connectivity index (χ3n) is 4.00. The zero-order chi connectivity index (χ0) is 13.7. The van der Waals surface area contributed by atoms with Crippen LogP contribution in [0.5, 0.6) is 5.75 Å². The van der Waals surface area contributed by atoms with Gasteiger partial charge in [0, 0.05) is 19.1 Å². The first-order valence-electron chi connectivity index (χ1n) is 7.24. The molecule has 1 aromatic rings. The molecule has 0 aliphatic heterocycles. The Bertz CT molecular complexity index is 377. The van der Waals surface area contributed by atoms with Crippen LogP contribution < -0.4 is 10.5 Å². The highest BCUT2D eigenvalue weighted by Crippen LogP contribution is 2.24. The molecule has 2 rings (SSSR count). The zero-order valence-corrected chi connectivity index (χ0v) is 12.1. The molecule has 2 N–H and O–H groups in total. The van der Waals surface area contributed by atoms with E-state index in [9.17, 15) is 0 Å². The number of benzene rings is 1. The molecule has 2 unspecified atom stereocenters. The average Bonchev–Trinajstić information content (AvgIpc) is 2.39. The third kappa shape index (κ3) is 4.51. The van der Waals surface area contributed by atoms with E-state index in [-0.39, 0.29) is 0 Å². The van der Waals surface area contributed by atoms with Gasteiger partial charge in [0.1, 0.15) is 5.75 Å². The smallest absolute Gasteiger partial charge is 0.118 e. The molecule has 0 bridgehead atoms. The van der Waals surface area contributed by atoms with Crippen LogP contribution in [0.4, 0.5) is 0 Å². The molecule has 1 fully saturated rings. The van der Waals surface area contributed by atoms with Gasteiger partial charge in [0.25, 0.3) is 0 Å². The van der Waals surface area contributed by atoms with Crippen molar-refractivity contribution < 1.29 is 4.74 Å². The summed E-state index contributed by atoms with van der Waals surface area (Å²) in [6.07, 6.45) is 5.02. The first kappa shape index (κ1) is 14.4. The number of ether oxygens (including phenoxy) is 1. The first-order chi connectivity index (χ1) is 9.17. The summed E-state index contributed by atoms with van der Waals surface area (Å²) < 4.78 is 5.18. The largest absolute Gasteiger partial charge is 0.497 e. The molecule has 1 aliphatic carbocycles. The molecule has 0 aromatic heterocycles. The van der Waals surface area contributed by atoms with Crippen molar-refractivity contribution >= 4 is 0 Å². The molecule has 2 atom stereocenters. The first-order valence-corrected chi connectivity index (χ1v) is 7.24. The lowest BCUT2D eigenvalue weighted by Gasteiger charge is -2.30. The molecule has 0 radical (unpaired) electrons. The van der Waals surface area contributed by atoms with Crippen LogP contribution in [-0.4, -0.2) is 31.6 Å². The van der Waals surface area contributed by atoms with Gasteiger partial charge >= 0.3 is 0 Å². The van der Waals surface area contributed by atoms with Gasteiger partial charge in [-0.25, -0.2) is 0 Å². The fraction of sp³-hybridized carbons (Fsp3) is 0.625. The van der Waals surface area contributed by atoms with E-state index in [0.29, 0.717) is 6.04 Å². The van der Waals surface area contributed by atoms with E-state index in [1.807, 2.05) is 12.1 Å². The highest BCUT2D eigenvalue weighted by molar-refractivity contribution is 5.27. The maximum Gasteiger partial charge on any atom is 0.118 e. The molecule has 106 valence electrons. The summed E-state index contributed by atoms with van der Waals surface area (Å²) in [5.41, 5.74) is 7.39. The fourth-order valence-electron chi connectivity index (χ4n) is 3.05. The Labute approximate surface area is 116 Å². The van der Waals surface area contributed by atoms with Gasteiger partial charge in [0.05, 0.1) is 7.11 Å². The van der Waals surface area contributed by atoms with Crippen LogP contribution in [0, 0.1) is 5.92 Å². The molecule has 3 nitrogen and oxygen atoms in total. The van der Waals surface area contributed by atoms with Crippen LogP contribution >= 0.6 is 0 Å². The van der Waals surface area contributed by atoms with E-state index in [4.69, 9.17) is 10.5 Å². The van der Waals surface area contributed by atoms with Gasteiger partial charge in [-0.05, 0) is 49.9 Å². The summed E-state index contributed by atoms with van der Waals surface area (Å²) in [6, 6.07) is 8.76. The van der Waals surface area contributed by atoms with E-state index < -0.39 is 0 Å². The maximum absolute atomic E-state index is 6.05. The number of hydrogen-bond acceptors (Lipinski definition) is 3. The normalized spacial score (nSPS) is 23.6. The summed E-state index contributed by atoms with van der Waals surface area (Å²) in [7, 11) is 3.90. The molecule has 1 aromatic carbocycles. The second kappa shape index (κ2) is 6.92. The zero-order valence-electron chi connectivity index (χ0n) is 12.1. The molecular formula is C16H26N2O. The van der Waals surface area contributed by atoms with Crippen LogP contribution in [0.3, 0.4) is 0 Å². The number of rotatable bonds is 5. The molecule has 1 saturated carbocycles. The van der Waals surface area contributed by atoms with E-state index in [0.717, 1.165) is 24.8 Å². The Kier molecular flexibility index (Phi) is 5.23. The number of hydrogen-bond donors (Lipinski definition) is 1. The quantitative estimate of drug-likeness (QED) is 0.886. The van der Waals surface area contributed by atoms with Crippen LogP contribution in [0.25, 0.3) is 0 Å². The Balaban J connectivity index is 1.81. The lowest BCUT2D eigenvalue weighted by molar-refractivity contribution is 0.216. The molecule has 0 spiro atoms. The molecule has 3 heteroatoms. The van der Waals surface area contributed by atoms with Crippen molar-refractivity contribution in [2.24, 2.45) is 11.7 Å². The monoisotopic (exact) mass is 262 g/mol. The molecule has 1 aliphatic rings. The van der Waals surface area contributed by atoms with E-state index in [1.54, 1.807) is 7.11 Å². The summed E-state index contributed by atoms with van der Waals surface area (Å²) in [5.74, 6) is 1.69. The number of methoxy groups -OCH3 is 1. The molecular weight excluding hydrogens is 236 g/mol. The van der Waals surface area contributed by atoms with Gasteiger partial charge in [0.2, 0.25) is 0 Å². The Morgan fingerprint density at radius 3 is 2.63 bits per heavy atom. The van der Waals surface area contributed by atoms with Crippen LogP contribution in [0.1, 0.15) is 31.2 Å². The second-order valence-electron chi connectivity index (χ2n) is 5.84. The highest BCUT2D eigenvalue weighted by Gasteiger charge is 2.20. The summed E-state index contributed by atoms with van der Waals surface area (Å²) in [4.78, 5) is 2.41. The molecule has 19 heavy (non-hydrogen) atoms. The summed E-state index contributed by atoms with van der Waals surface area (Å²) in [6.45, 7) is 2.15. The maximum atomic E-state index is 6.05. The van der Waals surface area contributed by atoms with E-state index in [1.165, 1.54) is 31.2 Å². The summed E-state index contributed by atoms with van der Waals surface area (Å²) in [5, 5.41) is 0. The van der Waals surface area contributed by atoms with Gasteiger partial charge in [-0.1, -0.05) is 18.6 Å². The average molecular weight is 262 g/mol.